The fraction of sp³-hybridized carbons (Fsp3) is 0.222. The van der Waals surface area contributed by atoms with Crippen LogP contribution in [0.4, 0.5) is 13.2 Å². The smallest absolute Gasteiger partial charge is 0.504 e. The molecule has 3 N–H and O–H groups in total. The molecule has 0 aromatic heterocycles. The normalized spacial score (nSPS) is 13.2. The molecule has 0 amide bonds. The summed E-state index contributed by atoms with van der Waals surface area (Å²) in [6.45, 7) is 0. The molecular formula is C9H7F3O5. The summed E-state index contributed by atoms with van der Waals surface area (Å²) in [7, 11) is 0. The fourth-order valence-electron chi connectivity index (χ4n) is 1.12. The number of carboxylic acids is 1. The lowest BCUT2D eigenvalue weighted by Crippen LogP contribution is -2.20. The van der Waals surface area contributed by atoms with Gasteiger partial charge in [0.05, 0.1) is 0 Å². The number of phenolic OH excluding ortho intramolecular Hbond substituents is 1. The first-order valence-corrected chi connectivity index (χ1v) is 4.21. The number of benzene rings is 1. The van der Waals surface area contributed by atoms with Crippen molar-refractivity contribution in [2.24, 2.45) is 0 Å². The molecular weight excluding hydrogens is 245 g/mol. The molecule has 0 saturated heterocycles. The predicted octanol–water partition coefficient (Wildman–Crippen LogP) is 1.41. The second kappa shape index (κ2) is 4.50. The maximum absolute atomic E-state index is 12.0. The lowest BCUT2D eigenvalue weighted by molar-refractivity contribution is -0.275. The molecule has 1 atom stereocenters. The first-order chi connectivity index (χ1) is 7.72. The summed E-state index contributed by atoms with van der Waals surface area (Å²) in [5.74, 6) is -3.81. The Balaban J connectivity index is 3.22. The van der Waals surface area contributed by atoms with Gasteiger partial charge < -0.3 is 20.1 Å². The Bertz CT molecular complexity index is 429. The van der Waals surface area contributed by atoms with Crippen LogP contribution in [0.25, 0.3) is 0 Å². The van der Waals surface area contributed by atoms with Gasteiger partial charge in [0, 0.05) is 5.56 Å². The zero-order valence-electron chi connectivity index (χ0n) is 8.10. The Morgan fingerprint density at radius 1 is 1.35 bits per heavy atom. The van der Waals surface area contributed by atoms with E-state index in [1.165, 1.54) is 0 Å². The third-order valence-electron chi connectivity index (χ3n) is 1.77. The molecule has 1 aromatic rings. The van der Waals surface area contributed by atoms with Crippen LogP contribution in [0.15, 0.2) is 18.2 Å². The van der Waals surface area contributed by atoms with E-state index < -0.39 is 35.5 Å². The summed E-state index contributed by atoms with van der Waals surface area (Å²) >= 11 is 0. The van der Waals surface area contributed by atoms with Crippen LogP contribution < -0.4 is 4.74 Å². The molecule has 94 valence electrons. The van der Waals surface area contributed by atoms with Gasteiger partial charge in [0.1, 0.15) is 0 Å². The molecule has 17 heavy (non-hydrogen) atoms. The van der Waals surface area contributed by atoms with Crippen LogP contribution in [-0.2, 0) is 4.79 Å². The summed E-state index contributed by atoms with van der Waals surface area (Å²) in [6.07, 6.45) is -7.33. The van der Waals surface area contributed by atoms with Crippen molar-refractivity contribution in [2.75, 3.05) is 0 Å². The summed E-state index contributed by atoms with van der Waals surface area (Å²) in [5.41, 5.74) is -0.685. The molecule has 0 fully saturated rings. The number of aromatic hydroxyl groups is 1. The monoisotopic (exact) mass is 252 g/mol. The van der Waals surface area contributed by atoms with Gasteiger partial charge in [-0.05, 0) is 6.07 Å². The van der Waals surface area contributed by atoms with E-state index >= 15 is 0 Å². The van der Waals surface area contributed by atoms with E-state index in [1.54, 1.807) is 0 Å². The number of aliphatic hydroxyl groups excluding tert-OH is 1. The Morgan fingerprint density at radius 2 is 1.94 bits per heavy atom. The first-order valence-electron chi connectivity index (χ1n) is 4.21. The molecule has 0 aliphatic heterocycles. The highest BCUT2D eigenvalue weighted by atomic mass is 19.4. The third-order valence-corrected chi connectivity index (χ3v) is 1.77. The number of aliphatic hydroxyl groups is 1. The lowest BCUT2D eigenvalue weighted by atomic mass is 10.1. The molecule has 0 spiro atoms. The standard InChI is InChI=1S/C9H7F3O5/c10-9(11,12)17-7-4(6(14)8(15)16)2-1-3-5(7)13/h1-3,6,13-14H,(H,15,16). The van der Waals surface area contributed by atoms with Gasteiger partial charge in [-0.25, -0.2) is 4.79 Å². The molecule has 8 heteroatoms. The predicted molar refractivity (Wildman–Crippen MR) is 47.4 cm³/mol. The molecule has 1 rings (SSSR count). The molecule has 0 heterocycles. The Morgan fingerprint density at radius 3 is 2.41 bits per heavy atom. The van der Waals surface area contributed by atoms with Gasteiger partial charge in [-0.2, -0.15) is 0 Å². The van der Waals surface area contributed by atoms with Gasteiger partial charge in [0.25, 0.3) is 0 Å². The number of hydrogen-bond donors (Lipinski definition) is 3. The molecule has 0 aliphatic carbocycles. The van der Waals surface area contributed by atoms with Crippen LogP contribution in [0.3, 0.4) is 0 Å². The van der Waals surface area contributed by atoms with E-state index in [0.29, 0.717) is 0 Å². The Kier molecular flexibility index (Phi) is 3.47. The summed E-state index contributed by atoms with van der Waals surface area (Å²) in [5, 5.41) is 26.8. The van der Waals surface area contributed by atoms with Crippen LogP contribution >= 0.6 is 0 Å². The minimum Gasteiger partial charge on any atom is -0.504 e. The van der Waals surface area contributed by atoms with Crippen LogP contribution in [0.5, 0.6) is 11.5 Å². The average molecular weight is 252 g/mol. The molecule has 0 aliphatic rings. The summed E-state index contributed by atoms with van der Waals surface area (Å²) < 4.78 is 39.5. The van der Waals surface area contributed by atoms with Gasteiger partial charge in [0.2, 0.25) is 0 Å². The minimum absolute atomic E-state index is 0.685. The van der Waals surface area contributed by atoms with E-state index in [2.05, 4.69) is 4.74 Å². The number of hydrogen-bond acceptors (Lipinski definition) is 4. The van der Waals surface area contributed by atoms with Crippen molar-refractivity contribution >= 4 is 5.97 Å². The SMILES string of the molecule is O=C(O)C(O)c1cccc(O)c1OC(F)(F)F. The number of phenols is 1. The second-order valence-electron chi connectivity index (χ2n) is 2.98. The number of rotatable bonds is 3. The molecule has 0 bridgehead atoms. The van der Waals surface area contributed by atoms with Crippen LogP contribution in [-0.4, -0.2) is 27.7 Å². The first kappa shape index (κ1) is 13.1. The summed E-state index contributed by atoms with van der Waals surface area (Å²) in [4.78, 5) is 10.5. The van der Waals surface area contributed by atoms with E-state index in [1.807, 2.05) is 0 Å². The molecule has 5 nitrogen and oxygen atoms in total. The van der Waals surface area contributed by atoms with Gasteiger partial charge in [-0.15, -0.1) is 13.2 Å². The van der Waals surface area contributed by atoms with Gasteiger partial charge >= 0.3 is 12.3 Å². The van der Waals surface area contributed by atoms with Crippen molar-refractivity contribution < 1.29 is 38.0 Å². The molecule has 1 aromatic carbocycles. The van der Waals surface area contributed by atoms with Gasteiger partial charge in [-0.1, -0.05) is 12.1 Å². The fourth-order valence-corrected chi connectivity index (χ4v) is 1.12. The van der Waals surface area contributed by atoms with Crippen LogP contribution in [0.2, 0.25) is 0 Å². The molecule has 0 radical (unpaired) electrons. The van der Waals surface area contributed by atoms with Gasteiger partial charge in [0.15, 0.2) is 17.6 Å². The quantitative estimate of drug-likeness (QED) is 0.757. The highest BCUT2D eigenvalue weighted by Crippen LogP contribution is 2.37. The van der Waals surface area contributed by atoms with Crippen LogP contribution in [0, 0.1) is 0 Å². The topological polar surface area (TPSA) is 87.0 Å². The maximum Gasteiger partial charge on any atom is 0.573 e. The number of ether oxygens (including phenoxy) is 1. The third kappa shape index (κ3) is 3.25. The average Bonchev–Trinajstić information content (AvgIpc) is 2.18. The highest BCUT2D eigenvalue weighted by molar-refractivity contribution is 5.75. The number of alkyl halides is 3. The highest BCUT2D eigenvalue weighted by Gasteiger charge is 2.35. The number of carboxylic acid groups (broad SMARTS) is 1. The van der Waals surface area contributed by atoms with E-state index in [0.717, 1.165) is 18.2 Å². The van der Waals surface area contributed by atoms with Crippen molar-refractivity contribution in [3.63, 3.8) is 0 Å². The number of halogens is 3. The maximum atomic E-state index is 12.0. The largest absolute Gasteiger partial charge is 0.573 e. The molecule has 1 unspecified atom stereocenters. The molecule has 0 saturated carbocycles. The Hall–Kier alpha value is -1.96. The van der Waals surface area contributed by atoms with Crippen molar-refractivity contribution in [1.82, 2.24) is 0 Å². The lowest BCUT2D eigenvalue weighted by Gasteiger charge is -2.15. The zero-order chi connectivity index (χ0) is 13.2. The Labute approximate surface area is 92.7 Å². The van der Waals surface area contributed by atoms with Crippen molar-refractivity contribution in [3.05, 3.63) is 23.8 Å². The second-order valence-corrected chi connectivity index (χ2v) is 2.98. The van der Waals surface area contributed by atoms with Crippen LogP contribution in [0.1, 0.15) is 11.7 Å². The van der Waals surface area contributed by atoms with Crippen molar-refractivity contribution in [1.29, 1.82) is 0 Å². The van der Waals surface area contributed by atoms with Crippen molar-refractivity contribution in [2.45, 2.75) is 12.5 Å². The number of para-hydroxylation sites is 1. The number of aliphatic carboxylic acids is 1. The van der Waals surface area contributed by atoms with Gasteiger partial charge in [-0.3, -0.25) is 0 Å². The summed E-state index contributed by atoms with van der Waals surface area (Å²) in [6, 6.07) is 2.86. The van der Waals surface area contributed by atoms with Crippen molar-refractivity contribution in [3.8, 4) is 11.5 Å². The number of carbonyl (C=O) groups is 1. The van der Waals surface area contributed by atoms with E-state index in [9.17, 15) is 18.0 Å². The van der Waals surface area contributed by atoms with E-state index in [4.69, 9.17) is 15.3 Å². The van der Waals surface area contributed by atoms with E-state index in [-0.39, 0.29) is 0 Å². The zero-order valence-corrected chi connectivity index (χ0v) is 8.10. The minimum atomic E-state index is -5.11.